The standard InChI is InChI=1S/C18H28N6/c1-22(2)17-9-8-16-19-20-18(24(16)21-17)14-10-12-23(13-11-14)15-6-4-3-5-7-15/h8-9,14-15H,3-7,10-13H2,1-2H3. The summed E-state index contributed by atoms with van der Waals surface area (Å²) in [4.78, 5) is 4.74. The Morgan fingerprint density at radius 1 is 0.958 bits per heavy atom. The number of hydrogen-bond acceptors (Lipinski definition) is 5. The maximum absolute atomic E-state index is 4.72. The lowest BCUT2D eigenvalue weighted by Gasteiger charge is -2.38. The van der Waals surface area contributed by atoms with Gasteiger partial charge in [0.2, 0.25) is 0 Å². The molecular formula is C18H28N6. The van der Waals surface area contributed by atoms with Gasteiger partial charge in [-0.1, -0.05) is 19.3 Å². The van der Waals surface area contributed by atoms with Crippen LogP contribution in [0.3, 0.4) is 0 Å². The van der Waals surface area contributed by atoms with Gasteiger partial charge in [0.15, 0.2) is 11.5 Å². The van der Waals surface area contributed by atoms with Gasteiger partial charge in [-0.05, 0) is 50.9 Å². The molecule has 0 atom stereocenters. The molecule has 1 aliphatic carbocycles. The van der Waals surface area contributed by atoms with Crippen LogP contribution in [-0.4, -0.2) is 57.9 Å². The molecule has 2 aromatic rings. The van der Waals surface area contributed by atoms with Crippen molar-refractivity contribution in [3.8, 4) is 0 Å². The van der Waals surface area contributed by atoms with Crippen LogP contribution in [0.25, 0.3) is 5.65 Å². The van der Waals surface area contributed by atoms with Gasteiger partial charge in [0, 0.05) is 26.1 Å². The summed E-state index contributed by atoms with van der Waals surface area (Å²) < 4.78 is 1.95. The molecule has 0 spiro atoms. The molecule has 6 nitrogen and oxygen atoms in total. The minimum atomic E-state index is 0.477. The fraction of sp³-hybridized carbons (Fsp3) is 0.722. The highest BCUT2D eigenvalue weighted by Gasteiger charge is 2.29. The van der Waals surface area contributed by atoms with Crippen LogP contribution < -0.4 is 4.90 Å². The van der Waals surface area contributed by atoms with E-state index >= 15 is 0 Å². The molecule has 6 heteroatoms. The SMILES string of the molecule is CN(C)c1ccc2nnc(C3CCN(C4CCCCC4)CC3)n2n1. The molecule has 0 amide bonds. The van der Waals surface area contributed by atoms with Crippen LogP contribution in [0.2, 0.25) is 0 Å². The van der Waals surface area contributed by atoms with Gasteiger partial charge in [-0.15, -0.1) is 15.3 Å². The normalized spacial score (nSPS) is 21.4. The Kier molecular flexibility index (Phi) is 4.39. The predicted molar refractivity (Wildman–Crippen MR) is 95.5 cm³/mol. The van der Waals surface area contributed by atoms with Crippen molar-refractivity contribution >= 4 is 11.5 Å². The number of rotatable bonds is 3. The number of likely N-dealkylation sites (tertiary alicyclic amines) is 1. The first-order valence-corrected chi connectivity index (χ1v) is 9.36. The molecular weight excluding hydrogens is 300 g/mol. The van der Waals surface area contributed by atoms with Crippen molar-refractivity contribution in [3.05, 3.63) is 18.0 Å². The molecule has 0 unspecified atom stereocenters. The molecule has 3 heterocycles. The van der Waals surface area contributed by atoms with Gasteiger partial charge >= 0.3 is 0 Å². The lowest BCUT2D eigenvalue weighted by molar-refractivity contribution is 0.120. The van der Waals surface area contributed by atoms with Crippen molar-refractivity contribution in [1.29, 1.82) is 0 Å². The lowest BCUT2D eigenvalue weighted by atomic mass is 9.90. The molecule has 1 saturated carbocycles. The van der Waals surface area contributed by atoms with Crippen LogP contribution in [0.1, 0.15) is 56.7 Å². The van der Waals surface area contributed by atoms with Crippen molar-refractivity contribution in [2.24, 2.45) is 0 Å². The summed E-state index contributed by atoms with van der Waals surface area (Å²) in [6.07, 6.45) is 9.39. The fourth-order valence-corrected chi connectivity index (χ4v) is 4.26. The second-order valence-corrected chi connectivity index (χ2v) is 7.52. The molecule has 2 fully saturated rings. The number of hydrogen-bond donors (Lipinski definition) is 0. The van der Waals surface area contributed by atoms with E-state index in [2.05, 4.69) is 15.1 Å². The van der Waals surface area contributed by atoms with E-state index in [0.717, 1.165) is 23.3 Å². The zero-order chi connectivity index (χ0) is 16.5. The summed E-state index contributed by atoms with van der Waals surface area (Å²) >= 11 is 0. The predicted octanol–water partition coefficient (Wildman–Crippen LogP) is 2.70. The van der Waals surface area contributed by atoms with Gasteiger partial charge in [0.25, 0.3) is 0 Å². The first-order valence-electron chi connectivity index (χ1n) is 9.36. The Balaban J connectivity index is 1.49. The van der Waals surface area contributed by atoms with Gasteiger partial charge in [-0.3, -0.25) is 0 Å². The number of anilines is 1. The first-order chi connectivity index (χ1) is 11.7. The van der Waals surface area contributed by atoms with Crippen molar-refractivity contribution in [2.75, 3.05) is 32.1 Å². The molecule has 2 aliphatic rings. The Morgan fingerprint density at radius 3 is 2.42 bits per heavy atom. The molecule has 1 aliphatic heterocycles. The summed E-state index contributed by atoms with van der Waals surface area (Å²) in [7, 11) is 4.03. The number of nitrogens with zero attached hydrogens (tertiary/aromatic N) is 6. The summed E-state index contributed by atoms with van der Waals surface area (Å²) in [5.74, 6) is 2.46. The lowest BCUT2D eigenvalue weighted by Crippen LogP contribution is -2.42. The summed E-state index contributed by atoms with van der Waals surface area (Å²) in [6.45, 7) is 2.38. The number of aromatic nitrogens is 4. The average molecular weight is 328 g/mol. The van der Waals surface area contributed by atoms with Crippen molar-refractivity contribution < 1.29 is 0 Å². The minimum absolute atomic E-state index is 0.477. The van der Waals surface area contributed by atoms with Crippen LogP contribution in [0.4, 0.5) is 5.82 Å². The maximum atomic E-state index is 4.72. The summed E-state index contributed by atoms with van der Waals surface area (Å²) in [5, 5.41) is 13.5. The van der Waals surface area contributed by atoms with Crippen LogP contribution in [0.15, 0.2) is 12.1 Å². The zero-order valence-corrected chi connectivity index (χ0v) is 14.9. The Morgan fingerprint density at radius 2 is 1.71 bits per heavy atom. The van der Waals surface area contributed by atoms with Gasteiger partial charge < -0.3 is 9.80 Å². The van der Waals surface area contributed by atoms with E-state index in [9.17, 15) is 0 Å². The third-order valence-electron chi connectivity index (χ3n) is 5.72. The van der Waals surface area contributed by atoms with E-state index in [-0.39, 0.29) is 0 Å². The first kappa shape index (κ1) is 15.8. The third kappa shape index (κ3) is 2.99. The highest BCUT2D eigenvalue weighted by Crippen LogP contribution is 2.31. The fourth-order valence-electron chi connectivity index (χ4n) is 4.26. The Hall–Kier alpha value is -1.69. The monoisotopic (exact) mass is 328 g/mol. The summed E-state index contributed by atoms with van der Waals surface area (Å²) in [6, 6.07) is 4.84. The molecule has 4 rings (SSSR count). The quantitative estimate of drug-likeness (QED) is 0.867. The Bertz CT molecular complexity index is 680. The second kappa shape index (κ2) is 6.67. The zero-order valence-electron chi connectivity index (χ0n) is 14.9. The van der Waals surface area contributed by atoms with Gasteiger partial charge in [0.1, 0.15) is 5.82 Å². The topological polar surface area (TPSA) is 49.6 Å². The average Bonchev–Trinajstić information content (AvgIpc) is 3.06. The van der Waals surface area contributed by atoms with Crippen LogP contribution in [0, 0.1) is 0 Å². The van der Waals surface area contributed by atoms with Crippen LogP contribution in [-0.2, 0) is 0 Å². The minimum Gasteiger partial charge on any atom is -0.361 e. The number of fused-ring (bicyclic) bond motifs is 1. The largest absolute Gasteiger partial charge is 0.361 e. The third-order valence-corrected chi connectivity index (χ3v) is 5.72. The van der Waals surface area contributed by atoms with E-state index in [1.807, 2.05) is 35.6 Å². The molecule has 130 valence electrons. The molecule has 2 aromatic heterocycles. The van der Waals surface area contributed by atoms with E-state index in [1.165, 1.54) is 58.0 Å². The van der Waals surface area contributed by atoms with Gasteiger partial charge in [0.05, 0.1) is 0 Å². The van der Waals surface area contributed by atoms with Crippen molar-refractivity contribution in [1.82, 2.24) is 24.7 Å². The van der Waals surface area contributed by atoms with E-state index in [4.69, 9.17) is 5.10 Å². The second-order valence-electron chi connectivity index (χ2n) is 7.52. The molecule has 1 saturated heterocycles. The highest BCUT2D eigenvalue weighted by atomic mass is 15.4. The van der Waals surface area contributed by atoms with Crippen LogP contribution in [0.5, 0.6) is 0 Å². The highest BCUT2D eigenvalue weighted by molar-refractivity contribution is 5.45. The molecule has 0 aromatic carbocycles. The van der Waals surface area contributed by atoms with Crippen molar-refractivity contribution in [2.45, 2.75) is 56.9 Å². The molecule has 0 bridgehead atoms. The van der Waals surface area contributed by atoms with Gasteiger partial charge in [-0.2, -0.15) is 4.52 Å². The smallest absolute Gasteiger partial charge is 0.178 e. The molecule has 0 N–H and O–H groups in total. The number of piperidine rings is 1. The molecule has 0 radical (unpaired) electrons. The van der Waals surface area contributed by atoms with E-state index in [1.54, 1.807) is 0 Å². The van der Waals surface area contributed by atoms with Crippen molar-refractivity contribution in [3.63, 3.8) is 0 Å². The summed E-state index contributed by atoms with van der Waals surface area (Å²) in [5.41, 5.74) is 0.852. The van der Waals surface area contributed by atoms with Crippen LogP contribution >= 0.6 is 0 Å². The van der Waals surface area contributed by atoms with E-state index in [0.29, 0.717) is 5.92 Å². The Labute approximate surface area is 143 Å². The van der Waals surface area contributed by atoms with E-state index < -0.39 is 0 Å². The van der Waals surface area contributed by atoms with Gasteiger partial charge in [-0.25, -0.2) is 0 Å². The molecule has 24 heavy (non-hydrogen) atoms. The maximum Gasteiger partial charge on any atom is 0.178 e.